The van der Waals surface area contributed by atoms with Gasteiger partial charge in [0.25, 0.3) is 0 Å². The molecule has 2 aromatic carbocycles. The predicted octanol–water partition coefficient (Wildman–Crippen LogP) is 2.81. The lowest BCUT2D eigenvalue weighted by Crippen LogP contribution is -2.40. The fourth-order valence-corrected chi connectivity index (χ4v) is 4.48. The highest BCUT2D eigenvalue weighted by Crippen LogP contribution is 2.21. The average Bonchev–Trinajstić information content (AvgIpc) is 2.72. The Balaban J connectivity index is 1.51. The second-order valence-electron chi connectivity index (χ2n) is 6.86. The van der Waals surface area contributed by atoms with Gasteiger partial charge in [-0.25, -0.2) is 8.42 Å². The van der Waals surface area contributed by atoms with Crippen LogP contribution in [0.4, 0.5) is 5.69 Å². The van der Waals surface area contributed by atoms with Gasteiger partial charge in [0.15, 0.2) is 0 Å². The zero-order valence-corrected chi connectivity index (χ0v) is 17.3. The lowest BCUT2D eigenvalue weighted by atomic mass is 10.2. The Hall–Kier alpha value is -2.42. The van der Waals surface area contributed by atoms with Crippen molar-refractivity contribution in [3.63, 3.8) is 0 Å². The number of hydrogen-bond donors (Lipinski definition) is 1. The summed E-state index contributed by atoms with van der Waals surface area (Å²) < 4.78 is 37.7. The van der Waals surface area contributed by atoms with E-state index in [1.54, 1.807) is 12.1 Å². The highest BCUT2D eigenvalue weighted by molar-refractivity contribution is 7.89. The molecular formula is C21H26N2O5S. The van der Waals surface area contributed by atoms with Crippen LogP contribution in [0.3, 0.4) is 0 Å². The lowest BCUT2D eigenvalue weighted by molar-refractivity contribution is -0.116. The molecule has 0 saturated carbocycles. The summed E-state index contributed by atoms with van der Waals surface area (Å²) in [7, 11) is -3.59. The second-order valence-corrected chi connectivity index (χ2v) is 8.80. The predicted molar refractivity (Wildman–Crippen MR) is 111 cm³/mol. The summed E-state index contributed by atoms with van der Waals surface area (Å²) in [6.45, 7) is 3.87. The van der Waals surface area contributed by atoms with Crippen LogP contribution in [0, 0.1) is 6.92 Å². The van der Waals surface area contributed by atoms with Crippen molar-refractivity contribution >= 4 is 21.6 Å². The van der Waals surface area contributed by atoms with Crippen LogP contribution in [0.25, 0.3) is 0 Å². The molecule has 0 spiro atoms. The fraction of sp³-hybridized carbons (Fsp3) is 0.381. The van der Waals surface area contributed by atoms with Gasteiger partial charge >= 0.3 is 0 Å². The number of carbonyl (C=O) groups excluding carboxylic acids is 1. The van der Waals surface area contributed by atoms with E-state index in [0.717, 1.165) is 11.3 Å². The summed E-state index contributed by atoms with van der Waals surface area (Å²) in [6, 6.07) is 14.1. The fourth-order valence-electron chi connectivity index (χ4n) is 3.02. The minimum Gasteiger partial charge on any atom is -0.494 e. The van der Waals surface area contributed by atoms with E-state index in [1.165, 1.54) is 16.4 Å². The molecule has 1 amide bonds. The van der Waals surface area contributed by atoms with Crippen molar-refractivity contribution in [2.45, 2.75) is 24.7 Å². The molecule has 1 saturated heterocycles. The molecule has 1 aliphatic heterocycles. The molecule has 29 heavy (non-hydrogen) atoms. The highest BCUT2D eigenvalue weighted by Gasteiger charge is 2.26. The number of sulfonamides is 1. The van der Waals surface area contributed by atoms with Crippen molar-refractivity contribution in [2.24, 2.45) is 0 Å². The van der Waals surface area contributed by atoms with Gasteiger partial charge in [0.2, 0.25) is 15.9 Å². The van der Waals surface area contributed by atoms with Gasteiger partial charge in [0.1, 0.15) is 5.75 Å². The van der Waals surface area contributed by atoms with Crippen LogP contribution < -0.4 is 10.1 Å². The quantitative estimate of drug-likeness (QED) is 0.667. The van der Waals surface area contributed by atoms with Gasteiger partial charge in [-0.2, -0.15) is 4.31 Å². The molecule has 0 aromatic heterocycles. The number of amides is 1. The van der Waals surface area contributed by atoms with E-state index in [0.29, 0.717) is 45.0 Å². The molecular weight excluding hydrogens is 392 g/mol. The molecule has 3 rings (SSSR count). The van der Waals surface area contributed by atoms with Gasteiger partial charge in [-0.3, -0.25) is 4.79 Å². The number of anilines is 1. The summed E-state index contributed by atoms with van der Waals surface area (Å²) in [5.74, 6) is 0.602. The maximum absolute atomic E-state index is 12.7. The summed E-state index contributed by atoms with van der Waals surface area (Å²) in [5, 5.41) is 2.76. The molecule has 8 heteroatoms. The molecule has 156 valence electrons. The number of aryl methyl sites for hydroxylation is 1. The number of carbonyl (C=O) groups is 1. The number of nitrogens with zero attached hydrogens (tertiary/aromatic N) is 1. The van der Waals surface area contributed by atoms with Crippen molar-refractivity contribution in [1.82, 2.24) is 4.31 Å². The average molecular weight is 419 g/mol. The maximum Gasteiger partial charge on any atom is 0.243 e. The Bertz CT molecular complexity index is 940. The van der Waals surface area contributed by atoms with Crippen molar-refractivity contribution in [3.8, 4) is 5.75 Å². The van der Waals surface area contributed by atoms with Crippen LogP contribution in [0.15, 0.2) is 53.4 Å². The van der Waals surface area contributed by atoms with Crippen LogP contribution in [0.2, 0.25) is 0 Å². The summed E-state index contributed by atoms with van der Waals surface area (Å²) in [4.78, 5) is 12.4. The number of rotatable bonds is 8. The van der Waals surface area contributed by atoms with E-state index < -0.39 is 10.0 Å². The first-order valence-corrected chi connectivity index (χ1v) is 11.1. The van der Waals surface area contributed by atoms with Gasteiger partial charge in [-0.05, 0) is 49.2 Å². The Morgan fingerprint density at radius 1 is 1.14 bits per heavy atom. The first-order valence-electron chi connectivity index (χ1n) is 9.62. The van der Waals surface area contributed by atoms with E-state index >= 15 is 0 Å². The molecule has 1 heterocycles. The first-order chi connectivity index (χ1) is 13.9. The molecule has 0 aliphatic carbocycles. The topological polar surface area (TPSA) is 84.9 Å². The summed E-state index contributed by atoms with van der Waals surface area (Å²) in [5.41, 5.74) is 1.58. The molecule has 0 atom stereocenters. The Morgan fingerprint density at radius 2 is 1.90 bits per heavy atom. The van der Waals surface area contributed by atoms with Gasteiger partial charge < -0.3 is 14.8 Å². The molecule has 0 radical (unpaired) electrons. The van der Waals surface area contributed by atoms with E-state index in [9.17, 15) is 13.2 Å². The normalized spacial score (nSPS) is 15.1. The Kier molecular flexibility index (Phi) is 7.24. The zero-order valence-electron chi connectivity index (χ0n) is 16.5. The molecule has 1 fully saturated rings. The highest BCUT2D eigenvalue weighted by atomic mass is 32.2. The maximum atomic E-state index is 12.7. The third-order valence-corrected chi connectivity index (χ3v) is 6.43. The molecule has 1 N–H and O–H groups in total. The lowest BCUT2D eigenvalue weighted by Gasteiger charge is -2.26. The Labute approximate surface area is 171 Å². The number of ether oxygens (including phenoxy) is 2. The van der Waals surface area contributed by atoms with Crippen LogP contribution >= 0.6 is 0 Å². The Morgan fingerprint density at radius 3 is 2.66 bits per heavy atom. The van der Waals surface area contributed by atoms with Gasteiger partial charge in [-0.15, -0.1) is 0 Å². The van der Waals surface area contributed by atoms with Crippen LogP contribution in [-0.2, 0) is 19.6 Å². The minimum atomic E-state index is -3.59. The first kappa shape index (κ1) is 21.3. The minimum absolute atomic E-state index is 0.167. The van der Waals surface area contributed by atoms with Crippen LogP contribution in [0.5, 0.6) is 5.75 Å². The van der Waals surface area contributed by atoms with Crippen molar-refractivity contribution in [2.75, 3.05) is 38.2 Å². The number of benzene rings is 2. The smallest absolute Gasteiger partial charge is 0.243 e. The number of hydrogen-bond acceptors (Lipinski definition) is 5. The van der Waals surface area contributed by atoms with Gasteiger partial charge in [-0.1, -0.05) is 18.2 Å². The molecule has 2 aromatic rings. The third-order valence-electron chi connectivity index (χ3n) is 4.53. The molecule has 1 aliphatic rings. The SMILES string of the molecule is Cc1cccc(OCCCC(=O)Nc2cccc(S(=O)(=O)N3CCOCC3)c2)c1. The van der Waals surface area contributed by atoms with Crippen molar-refractivity contribution in [3.05, 3.63) is 54.1 Å². The van der Waals surface area contributed by atoms with Crippen molar-refractivity contribution in [1.29, 1.82) is 0 Å². The largest absolute Gasteiger partial charge is 0.494 e. The summed E-state index contributed by atoms with van der Waals surface area (Å²) in [6.07, 6.45) is 0.845. The summed E-state index contributed by atoms with van der Waals surface area (Å²) >= 11 is 0. The van der Waals surface area contributed by atoms with Gasteiger partial charge in [0, 0.05) is 25.2 Å². The molecule has 0 unspecified atom stereocenters. The monoisotopic (exact) mass is 418 g/mol. The second kappa shape index (κ2) is 9.87. The molecule has 7 nitrogen and oxygen atoms in total. The zero-order chi connectivity index (χ0) is 20.7. The van der Waals surface area contributed by atoms with E-state index in [-0.39, 0.29) is 17.2 Å². The van der Waals surface area contributed by atoms with Crippen LogP contribution in [-0.4, -0.2) is 51.5 Å². The van der Waals surface area contributed by atoms with E-state index in [2.05, 4.69) is 5.32 Å². The van der Waals surface area contributed by atoms with Gasteiger partial charge in [0.05, 0.1) is 24.7 Å². The van der Waals surface area contributed by atoms with E-state index in [1.807, 2.05) is 31.2 Å². The molecule has 0 bridgehead atoms. The third kappa shape index (κ3) is 6.03. The van der Waals surface area contributed by atoms with E-state index in [4.69, 9.17) is 9.47 Å². The number of nitrogens with one attached hydrogen (secondary N) is 1. The standard InChI is InChI=1S/C21H26N2O5S/c1-17-5-2-7-19(15-17)28-12-4-9-21(24)22-18-6-3-8-20(16-18)29(25,26)23-10-13-27-14-11-23/h2-3,5-8,15-16H,4,9-14H2,1H3,(H,22,24). The number of morpholine rings is 1. The van der Waals surface area contributed by atoms with Crippen molar-refractivity contribution < 1.29 is 22.7 Å². The van der Waals surface area contributed by atoms with Crippen LogP contribution in [0.1, 0.15) is 18.4 Å².